The van der Waals surface area contributed by atoms with Crippen molar-refractivity contribution < 1.29 is 4.74 Å². The average molecular weight is 263 g/mol. The summed E-state index contributed by atoms with van der Waals surface area (Å²) in [5.41, 5.74) is 2.89. The van der Waals surface area contributed by atoms with Gasteiger partial charge in [0, 0.05) is 13.2 Å². The summed E-state index contributed by atoms with van der Waals surface area (Å²) in [5, 5.41) is 3.39. The molecule has 0 bridgehead atoms. The Labute approximate surface area is 118 Å². The fourth-order valence-electron chi connectivity index (χ4n) is 1.93. The van der Waals surface area contributed by atoms with Crippen LogP contribution in [0.25, 0.3) is 0 Å². The van der Waals surface area contributed by atoms with Crippen molar-refractivity contribution in [1.82, 2.24) is 5.32 Å². The first kappa shape index (κ1) is 16.2. The number of nitrogens with one attached hydrogen (secondary N) is 1. The van der Waals surface area contributed by atoms with Gasteiger partial charge in [0.2, 0.25) is 0 Å². The highest BCUT2D eigenvalue weighted by Crippen LogP contribution is 2.22. The van der Waals surface area contributed by atoms with Crippen molar-refractivity contribution in [3.63, 3.8) is 0 Å². The molecule has 0 fully saturated rings. The molecule has 2 heteroatoms. The lowest BCUT2D eigenvalue weighted by Crippen LogP contribution is -2.24. The first-order chi connectivity index (χ1) is 8.92. The van der Waals surface area contributed by atoms with Gasteiger partial charge in [-0.15, -0.1) is 0 Å². The molecule has 19 heavy (non-hydrogen) atoms. The van der Waals surface area contributed by atoms with E-state index in [4.69, 9.17) is 4.74 Å². The Morgan fingerprint density at radius 3 is 2.58 bits per heavy atom. The van der Waals surface area contributed by atoms with Crippen molar-refractivity contribution in [2.45, 2.75) is 47.1 Å². The van der Waals surface area contributed by atoms with Gasteiger partial charge in [-0.05, 0) is 30.9 Å². The van der Waals surface area contributed by atoms with Crippen molar-refractivity contribution in [3.05, 3.63) is 35.4 Å². The molecule has 0 saturated carbocycles. The predicted octanol–water partition coefficient (Wildman–Crippen LogP) is 4.10. The maximum Gasteiger partial charge on any atom is 0.0949 e. The zero-order chi connectivity index (χ0) is 14.3. The number of hydrogen-bond acceptors (Lipinski definition) is 2. The Kier molecular flexibility index (Phi) is 6.53. The van der Waals surface area contributed by atoms with Crippen LogP contribution in [0.3, 0.4) is 0 Å². The standard InChI is InChI=1S/C17H29NO/c1-6-18-13-16(19-11-10-17(3,4)5)15-9-7-8-14(2)12-15/h7-9,12,16,18H,6,10-11,13H2,1-5H3. The third-order valence-corrected chi connectivity index (χ3v) is 3.16. The highest BCUT2D eigenvalue weighted by molar-refractivity contribution is 5.24. The van der Waals surface area contributed by atoms with E-state index in [1.165, 1.54) is 11.1 Å². The molecule has 1 aromatic carbocycles. The minimum atomic E-state index is 0.155. The summed E-state index contributed by atoms with van der Waals surface area (Å²) in [7, 11) is 0. The van der Waals surface area contributed by atoms with Crippen LogP contribution in [0.4, 0.5) is 0 Å². The fraction of sp³-hybridized carbons (Fsp3) is 0.647. The van der Waals surface area contributed by atoms with Crippen molar-refractivity contribution in [3.8, 4) is 0 Å². The van der Waals surface area contributed by atoms with Gasteiger partial charge in [0.1, 0.15) is 0 Å². The Morgan fingerprint density at radius 1 is 1.26 bits per heavy atom. The van der Waals surface area contributed by atoms with Crippen molar-refractivity contribution >= 4 is 0 Å². The summed E-state index contributed by atoms with van der Waals surface area (Å²) in [6.07, 6.45) is 1.24. The Hall–Kier alpha value is -0.860. The molecule has 1 aromatic rings. The second-order valence-corrected chi connectivity index (χ2v) is 6.39. The van der Waals surface area contributed by atoms with Gasteiger partial charge in [-0.1, -0.05) is 57.5 Å². The second kappa shape index (κ2) is 7.66. The SMILES string of the molecule is CCNCC(OCCC(C)(C)C)c1cccc(C)c1. The van der Waals surface area contributed by atoms with Crippen LogP contribution in [0, 0.1) is 12.3 Å². The van der Waals surface area contributed by atoms with Crippen molar-refractivity contribution in [1.29, 1.82) is 0 Å². The van der Waals surface area contributed by atoms with E-state index < -0.39 is 0 Å². The molecule has 1 unspecified atom stereocenters. The van der Waals surface area contributed by atoms with Crippen LogP contribution in [0.5, 0.6) is 0 Å². The quantitative estimate of drug-likeness (QED) is 0.799. The molecule has 0 heterocycles. The molecule has 108 valence electrons. The summed E-state index contributed by atoms with van der Waals surface area (Å²) < 4.78 is 6.10. The number of aryl methyl sites for hydroxylation is 1. The third kappa shape index (κ3) is 6.74. The summed E-state index contributed by atoms with van der Waals surface area (Å²) in [6.45, 7) is 13.7. The summed E-state index contributed by atoms with van der Waals surface area (Å²) in [5.74, 6) is 0. The van der Waals surface area contributed by atoms with E-state index in [1.807, 2.05) is 0 Å². The number of ether oxygens (including phenoxy) is 1. The molecule has 1 rings (SSSR count). The van der Waals surface area contributed by atoms with Crippen LogP contribution >= 0.6 is 0 Å². The molecule has 0 aliphatic rings. The van der Waals surface area contributed by atoms with E-state index in [9.17, 15) is 0 Å². The van der Waals surface area contributed by atoms with E-state index in [0.29, 0.717) is 5.41 Å². The van der Waals surface area contributed by atoms with Gasteiger partial charge < -0.3 is 10.1 Å². The Bertz CT molecular complexity index is 368. The lowest BCUT2D eigenvalue weighted by atomic mass is 9.93. The van der Waals surface area contributed by atoms with Crippen LogP contribution in [-0.2, 0) is 4.74 Å². The topological polar surface area (TPSA) is 21.3 Å². The molecule has 1 N–H and O–H groups in total. The zero-order valence-corrected chi connectivity index (χ0v) is 13.1. The highest BCUT2D eigenvalue weighted by Gasteiger charge is 2.15. The lowest BCUT2D eigenvalue weighted by molar-refractivity contribution is 0.0372. The third-order valence-electron chi connectivity index (χ3n) is 3.16. The largest absolute Gasteiger partial charge is 0.372 e. The molecule has 0 saturated heterocycles. The number of hydrogen-bond donors (Lipinski definition) is 1. The van der Waals surface area contributed by atoms with Crippen LogP contribution in [0.15, 0.2) is 24.3 Å². The van der Waals surface area contributed by atoms with E-state index in [2.05, 4.69) is 64.2 Å². The van der Waals surface area contributed by atoms with Crippen LogP contribution in [0.2, 0.25) is 0 Å². The van der Waals surface area contributed by atoms with Crippen LogP contribution < -0.4 is 5.32 Å². The minimum Gasteiger partial charge on any atom is -0.372 e. The van der Waals surface area contributed by atoms with Gasteiger partial charge in [0.05, 0.1) is 6.10 Å². The number of benzene rings is 1. The van der Waals surface area contributed by atoms with Crippen LogP contribution in [-0.4, -0.2) is 19.7 Å². The molecular formula is C17H29NO. The van der Waals surface area contributed by atoms with E-state index in [-0.39, 0.29) is 6.10 Å². The Morgan fingerprint density at radius 2 is 2.00 bits per heavy atom. The van der Waals surface area contributed by atoms with Gasteiger partial charge >= 0.3 is 0 Å². The molecule has 0 amide bonds. The monoisotopic (exact) mass is 263 g/mol. The number of likely N-dealkylation sites (N-methyl/N-ethyl adjacent to an activating group) is 1. The number of rotatable bonds is 7. The van der Waals surface area contributed by atoms with E-state index in [1.54, 1.807) is 0 Å². The minimum absolute atomic E-state index is 0.155. The summed E-state index contributed by atoms with van der Waals surface area (Å²) in [4.78, 5) is 0. The molecule has 0 aromatic heterocycles. The molecule has 1 atom stereocenters. The van der Waals surface area contributed by atoms with Gasteiger partial charge in [-0.25, -0.2) is 0 Å². The molecule has 2 nitrogen and oxygen atoms in total. The lowest BCUT2D eigenvalue weighted by Gasteiger charge is -2.23. The molecule has 0 spiro atoms. The average Bonchev–Trinajstić information content (AvgIpc) is 2.32. The maximum absolute atomic E-state index is 6.10. The highest BCUT2D eigenvalue weighted by atomic mass is 16.5. The normalized spacial score (nSPS) is 13.5. The maximum atomic E-state index is 6.10. The zero-order valence-electron chi connectivity index (χ0n) is 13.1. The van der Waals surface area contributed by atoms with Gasteiger partial charge in [0.15, 0.2) is 0 Å². The fourth-order valence-corrected chi connectivity index (χ4v) is 1.93. The molecule has 0 radical (unpaired) electrons. The Balaban J connectivity index is 2.61. The van der Waals surface area contributed by atoms with E-state index in [0.717, 1.165) is 26.1 Å². The second-order valence-electron chi connectivity index (χ2n) is 6.39. The van der Waals surface area contributed by atoms with Gasteiger partial charge in [-0.3, -0.25) is 0 Å². The van der Waals surface area contributed by atoms with Gasteiger partial charge in [0.25, 0.3) is 0 Å². The molecule has 0 aliphatic carbocycles. The van der Waals surface area contributed by atoms with E-state index >= 15 is 0 Å². The van der Waals surface area contributed by atoms with Crippen molar-refractivity contribution in [2.24, 2.45) is 5.41 Å². The first-order valence-corrected chi connectivity index (χ1v) is 7.31. The molecular weight excluding hydrogens is 234 g/mol. The summed E-state index contributed by atoms with van der Waals surface area (Å²) in [6, 6.07) is 8.62. The predicted molar refractivity (Wildman–Crippen MR) is 82.5 cm³/mol. The van der Waals surface area contributed by atoms with Crippen molar-refractivity contribution in [2.75, 3.05) is 19.7 Å². The van der Waals surface area contributed by atoms with Crippen LogP contribution in [0.1, 0.15) is 51.3 Å². The van der Waals surface area contributed by atoms with Gasteiger partial charge in [-0.2, -0.15) is 0 Å². The summed E-state index contributed by atoms with van der Waals surface area (Å²) >= 11 is 0. The first-order valence-electron chi connectivity index (χ1n) is 7.31. The smallest absolute Gasteiger partial charge is 0.0949 e. The molecule has 0 aliphatic heterocycles.